The van der Waals surface area contributed by atoms with Crippen molar-refractivity contribution >= 4 is 50.3 Å². The smallest absolute Gasteiger partial charge is 0.323 e. The number of amides is 2. The van der Waals surface area contributed by atoms with Crippen LogP contribution in [0.15, 0.2) is 84.4 Å². The van der Waals surface area contributed by atoms with Gasteiger partial charge in [-0.05, 0) is 65.4 Å². The lowest BCUT2D eigenvalue weighted by Crippen LogP contribution is -2.19. The van der Waals surface area contributed by atoms with Crippen LogP contribution in [0.1, 0.15) is 5.56 Å². The van der Waals surface area contributed by atoms with Crippen molar-refractivity contribution in [1.29, 1.82) is 0 Å². The van der Waals surface area contributed by atoms with Crippen LogP contribution in [0.4, 0.5) is 27.7 Å². The van der Waals surface area contributed by atoms with Crippen molar-refractivity contribution in [2.45, 2.75) is 6.92 Å². The van der Waals surface area contributed by atoms with Gasteiger partial charge in [-0.25, -0.2) is 9.78 Å². The molecule has 0 bridgehead atoms. The van der Waals surface area contributed by atoms with E-state index in [1.807, 2.05) is 79.7 Å². The number of aromatic nitrogens is 1. The van der Waals surface area contributed by atoms with Crippen LogP contribution in [0.5, 0.6) is 0 Å². The minimum atomic E-state index is -0.292. The Morgan fingerprint density at radius 2 is 1.62 bits per heavy atom. The second-order valence-corrected chi connectivity index (χ2v) is 8.94. The fourth-order valence-corrected chi connectivity index (χ4v) is 5.06. The summed E-state index contributed by atoms with van der Waals surface area (Å²) >= 11 is 1.63. The minimum Gasteiger partial charge on any atom is -0.399 e. The number of carbonyl (C=O) groups excluding carboxylic acids is 1. The number of anilines is 4. The van der Waals surface area contributed by atoms with Gasteiger partial charge in [0.05, 0.1) is 0 Å². The molecule has 0 aliphatic carbocycles. The van der Waals surface area contributed by atoms with Gasteiger partial charge in [-0.1, -0.05) is 36.4 Å². The number of nitrogens with two attached hydrogens (primary N) is 2. The molecule has 168 valence electrons. The standard InChI is InChI=1S/C27H23N5OS/c1-16-4-2-7-21(12-16)32-27(33)31-20-10-8-17(9-11-20)23-15-34-25-22(14-30-26(29)24(23)25)18-5-3-6-19(28)13-18/h2-15H,28H2,1H3,(H2,29,30)(H2,31,32,33). The van der Waals surface area contributed by atoms with Gasteiger partial charge < -0.3 is 22.1 Å². The maximum absolute atomic E-state index is 12.4. The van der Waals surface area contributed by atoms with E-state index in [4.69, 9.17) is 11.5 Å². The molecule has 2 heterocycles. The molecule has 34 heavy (non-hydrogen) atoms. The summed E-state index contributed by atoms with van der Waals surface area (Å²) in [5, 5.41) is 8.73. The lowest BCUT2D eigenvalue weighted by molar-refractivity contribution is 0.262. The number of urea groups is 1. The van der Waals surface area contributed by atoms with Crippen LogP contribution in [0.3, 0.4) is 0 Å². The summed E-state index contributed by atoms with van der Waals surface area (Å²) in [4.78, 5) is 16.8. The zero-order valence-corrected chi connectivity index (χ0v) is 19.3. The average molecular weight is 466 g/mol. The van der Waals surface area contributed by atoms with E-state index in [2.05, 4.69) is 21.0 Å². The molecule has 2 amide bonds. The fourth-order valence-electron chi connectivity index (χ4n) is 3.94. The molecule has 0 atom stereocenters. The van der Waals surface area contributed by atoms with Gasteiger partial charge in [0, 0.05) is 44.5 Å². The van der Waals surface area contributed by atoms with Gasteiger partial charge in [0.2, 0.25) is 0 Å². The predicted octanol–water partition coefficient (Wildman–Crippen LogP) is 6.75. The van der Waals surface area contributed by atoms with E-state index in [0.29, 0.717) is 17.2 Å². The monoisotopic (exact) mass is 465 g/mol. The SMILES string of the molecule is Cc1cccc(NC(=O)Nc2ccc(-c3csc4c(-c5cccc(N)c5)cnc(N)c34)cc2)c1. The van der Waals surface area contributed by atoms with Crippen LogP contribution in [-0.4, -0.2) is 11.0 Å². The largest absolute Gasteiger partial charge is 0.399 e. The number of nitrogens with zero attached hydrogens (tertiary/aromatic N) is 1. The number of benzene rings is 3. The number of carbonyl (C=O) groups is 1. The molecule has 0 unspecified atom stereocenters. The molecule has 7 heteroatoms. The Morgan fingerprint density at radius 3 is 2.38 bits per heavy atom. The maximum atomic E-state index is 12.4. The lowest BCUT2D eigenvalue weighted by Gasteiger charge is -2.10. The van der Waals surface area contributed by atoms with Crippen LogP contribution in [0.2, 0.25) is 0 Å². The van der Waals surface area contributed by atoms with E-state index < -0.39 is 0 Å². The average Bonchev–Trinajstić information content (AvgIpc) is 3.26. The Balaban J connectivity index is 1.41. The van der Waals surface area contributed by atoms with Crippen LogP contribution in [0, 0.1) is 6.92 Å². The zero-order valence-electron chi connectivity index (χ0n) is 18.5. The first-order chi connectivity index (χ1) is 16.5. The van der Waals surface area contributed by atoms with E-state index in [1.54, 1.807) is 17.5 Å². The maximum Gasteiger partial charge on any atom is 0.323 e. The number of aryl methyl sites for hydroxylation is 1. The van der Waals surface area contributed by atoms with Crippen molar-refractivity contribution in [3.05, 3.63) is 89.9 Å². The van der Waals surface area contributed by atoms with Crippen molar-refractivity contribution in [2.24, 2.45) is 0 Å². The topological polar surface area (TPSA) is 106 Å². The summed E-state index contributed by atoms with van der Waals surface area (Å²) in [6.07, 6.45) is 1.80. The molecule has 6 N–H and O–H groups in total. The van der Waals surface area contributed by atoms with Crippen molar-refractivity contribution in [3.63, 3.8) is 0 Å². The molecule has 6 nitrogen and oxygen atoms in total. The van der Waals surface area contributed by atoms with Gasteiger partial charge in [0.25, 0.3) is 0 Å². The third-order valence-electron chi connectivity index (χ3n) is 5.55. The molecule has 2 aromatic heterocycles. The van der Waals surface area contributed by atoms with Gasteiger partial charge in [0.1, 0.15) is 5.82 Å². The van der Waals surface area contributed by atoms with Crippen molar-refractivity contribution in [3.8, 4) is 22.3 Å². The van der Waals surface area contributed by atoms with E-state index in [-0.39, 0.29) is 6.03 Å². The molecule has 0 spiro atoms. The van der Waals surface area contributed by atoms with Gasteiger partial charge >= 0.3 is 6.03 Å². The highest BCUT2D eigenvalue weighted by Gasteiger charge is 2.15. The summed E-state index contributed by atoms with van der Waals surface area (Å²) in [6, 6.07) is 22.8. The first-order valence-electron chi connectivity index (χ1n) is 10.7. The highest BCUT2D eigenvalue weighted by molar-refractivity contribution is 7.18. The van der Waals surface area contributed by atoms with Gasteiger partial charge in [-0.15, -0.1) is 11.3 Å². The van der Waals surface area contributed by atoms with E-state index in [9.17, 15) is 4.79 Å². The van der Waals surface area contributed by atoms with Crippen LogP contribution in [-0.2, 0) is 0 Å². The summed E-state index contributed by atoms with van der Waals surface area (Å²) in [5.74, 6) is 0.485. The van der Waals surface area contributed by atoms with Crippen LogP contribution < -0.4 is 22.1 Å². The highest BCUT2D eigenvalue weighted by Crippen LogP contribution is 2.42. The summed E-state index contributed by atoms with van der Waals surface area (Å²) in [7, 11) is 0. The first-order valence-corrected chi connectivity index (χ1v) is 11.6. The molecule has 5 rings (SSSR count). The number of hydrogen-bond donors (Lipinski definition) is 4. The Hall–Kier alpha value is -4.36. The first kappa shape index (κ1) is 21.5. The molecular weight excluding hydrogens is 442 g/mol. The number of fused-ring (bicyclic) bond motifs is 1. The van der Waals surface area contributed by atoms with E-state index in [1.165, 1.54) is 0 Å². The molecule has 0 saturated carbocycles. The zero-order chi connectivity index (χ0) is 23.7. The summed E-state index contributed by atoms with van der Waals surface area (Å²) in [6.45, 7) is 1.98. The van der Waals surface area contributed by atoms with Crippen LogP contribution >= 0.6 is 11.3 Å². The molecule has 0 saturated heterocycles. The number of hydrogen-bond acceptors (Lipinski definition) is 5. The normalized spacial score (nSPS) is 10.9. The predicted molar refractivity (Wildman–Crippen MR) is 143 cm³/mol. The van der Waals surface area contributed by atoms with Crippen molar-refractivity contribution < 1.29 is 4.79 Å². The lowest BCUT2D eigenvalue weighted by atomic mass is 10.0. The van der Waals surface area contributed by atoms with Crippen molar-refractivity contribution in [2.75, 3.05) is 22.1 Å². The van der Waals surface area contributed by atoms with E-state index >= 15 is 0 Å². The number of thiophene rings is 1. The number of nitrogen functional groups attached to an aromatic ring is 2. The molecule has 0 radical (unpaired) electrons. The number of rotatable bonds is 4. The molecule has 3 aromatic carbocycles. The molecule has 0 fully saturated rings. The van der Waals surface area contributed by atoms with Gasteiger partial charge in [0.15, 0.2) is 0 Å². The molecule has 0 aliphatic rings. The third kappa shape index (κ3) is 4.29. The quantitative estimate of drug-likeness (QED) is 0.220. The number of pyridine rings is 1. The summed E-state index contributed by atoms with van der Waals surface area (Å²) in [5.41, 5.74) is 19.5. The second kappa shape index (κ2) is 8.88. The van der Waals surface area contributed by atoms with E-state index in [0.717, 1.165) is 43.6 Å². The summed E-state index contributed by atoms with van der Waals surface area (Å²) < 4.78 is 1.06. The van der Waals surface area contributed by atoms with Gasteiger partial charge in [-0.3, -0.25) is 0 Å². The number of nitrogens with one attached hydrogen (secondary N) is 2. The Bertz CT molecular complexity index is 1510. The molecular formula is C27H23N5OS. The Labute approximate surface area is 201 Å². The Kier molecular flexibility index (Phi) is 5.61. The Morgan fingerprint density at radius 1 is 0.853 bits per heavy atom. The van der Waals surface area contributed by atoms with Crippen molar-refractivity contribution in [1.82, 2.24) is 4.98 Å². The van der Waals surface area contributed by atoms with Gasteiger partial charge in [-0.2, -0.15) is 0 Å². The molecule has 0 aliphatic heterocycles. The third-order valence-corrected chi connectivity index (χ3v) is 6.57. The van der Waals surface area contributed by atoms with Crippen LogP contribution in [0.25, 0.3) is 32.3 Å². The minimum absolute atomic E-state index is 0.292. The fraction of sp³-hybridized carbons (Fsp3) is 0.0370. The molecule has 5 aromatic rings. The second-order valence-electron chi connectivity index (χ2n) is 8.06. The highest BCUT2D eigenvalue weighted by atomic mass is 32.1.